The highest BCUT2D eigenvalue weighted by Crippen LogP contribution is 2.61. The van der Waals surface area contributed by atoms with E-state index in [1.807, 2.05) is 67.6 Å². The van der Waals surface area contributed by atoms with Crippen molar-refractivity contribution in [3.05, 3.63) is 114 Å². The average Bonchev–Trinajstić information content (AvgIpc) is 3.28. The number of hydrogen-bond donors (Lipinski definition) is 2. The number of rotatable bonds is 24. The van der Waals surface area contributed by atoms with E-state index in [4.69, 9.17) is 33.7 Å². The van der Waals surface area contributed by atoms with Gasteiger partial charge in [-0.15, -0.1) is 18.3 Å². The van der Waals surface area contributed by atoms with Crippen LogP contribution in [0.25, 0.3) is 0 Å². The van der Waals surface area contributed by atoms with Gasteiger partial charge in [0.1, 0.15) is 30.8 Å². The number of benzene rings is 3. The summed E-state index contributed by atoms with van der Waals surface area (Å²) in [4.78, 5) is 22.6. The first-order valence-electron chi connectivity index (χ1n) is 21.5. The van der Waals surface area contributed by atoms with Crippen molar-refractivity contribution in [3.63, 3.8) is 0 Å². The highest BCUT2D eigenvalue weighted by Gasteiger charge is 2.65. The third-order valence-corrected chi connectivity index (χ3v) is 12.6. The van der Waals surface area contributed by atoms with Gasteiger partial charge in [-0.05, 0) is 85.9 Å². The number of hydrogen-bond acceptors (Lipinski definition) is 11. The number of carbonyl (C=O) groups is 1. The summed E-state index contributed by atoms with van der Waals surface area (Å²) >= 11 is 1.75. The van der Waals surface area contributed by atoms with Crippen molar-refractivity contribution in [1.29, 1.82) is 0 Å². The number of nitrogens with zero attached hydrogens (tertiary/aromatic N) is 2. The molecule has 1 heterocycles. The predicted molar refractivity (Wildman–Crippen MR) is 234 cm³/mol. The molecule has 11 nitrogen and oxygen atoms in total. The summed E-state index contributed by atoms with van der Waals surface area (Å²) in [7, 11) is 1.72. The first kappa shape index (κ1) is 45.2. The smallest absolute Gasteiger partial charge is 0.410 e. The fourth-order valence-corrected chi connectivity index (χ4v) is 9.73. The second kappa shape index (κ2) is 23.0. The highest BCUT2D eigenvalue weighted by molar-refractivity contribution is 7.99. The zero-order chi connectivity index (χ0) is 42.2. The fraction of sp³-hybridized carbons (Fsp3) is 0.500. The number of thioether (sulfide) groups is 1. The molecule has 6 atom stereocenters. The van der Waals surface area contributed by atoms with E-state index in [9.17, 15) is 15.0 Å². The first-order chi connectivity index (χ1) is 29.4. The van der Waals surface area contributed by atoms with Crippen molar-refractivity contribution in [2.45, 2.75) is 81.1 Å². The van der Waals surface area contributed by atoms with Crippen LogP contribution in [0.1, 0.15) is 68.9 Å². The Labute approximate surface area is 359 Å². The summed E-state index contributed by atoms with van der Waals surface area (Å²) in [5.74, 6) is 0.510. The van der Waals surface area contributed by atoms with Gasteiger partial charge in [-0.25, -0.2) is 4.79 Å². The van der Waals surface area contributed by atoms with E-state index in [1.165, 1.54) is 4.90 Å². The first-order valence-corrected chi connectivity index (χ1v) is 22.4. The van der Waals surface area contributed by atoms with Crippen LogP contribution in [0.4, 0.5) is 4.79 Å². The molecule has 6 rings (SSSR count). The van der Waals surface area contributed by atoms with Gasteiger partial charge in [-0.3, -0.25) is 0 Å². The number of amides is 1. The molecule has 0 bridgehead atoms. The van der Waals surface area contributed by atoms with Gasteiger partial charge in [0.05, 0.1) is 38.1 Å². The molecule has 60 heavy (non-hydrogen) atoms. The lowest BCUT2D eigenvalue weighted by Gasteiger charge is -2.59. The van der Waals surface area contributed by atoms with Crippen molar-refractivity contribution in [2.24, 2.45) is 22.9 Å². The zero-order valence-electron chi connectivity index (χ0n) is 35.1. The van der Waals surface area contributed by atoms with Crippen LogP contribution >= 0.6 is 11.8 Å². The van der Waals surface area contributed by atoms with Gasteiger partial charge in [0.2, 0.25) is 5.79 Å². The van der Waals surface area contributed by atoms with Crippen LogP contribution in [-0.4, -0.2) is 97.8 Å². The predicted octanol–water partition coefficient (Wildman–Crippen LogP) is 8.80. The van der Waals surface area contributed by atoms with Crippen LogP contribution in [0.15, 0.2) is 113 Å². The molecule has 1 aliphatic heterocycles. The van der Waals surface area contributed by atoms with Crippen molar-refractivity contribution >= 4 is 23.6 Å². The molecule has 1 fully saturated rings. The highest BCUT2D eigenvalue weighted by atomic mass is 32.2. The maximum Gasteiger partial charge on any atom is 0.410 e. The van der Waals surface area contributed by atoms with E-state index in [-0.39, 0.29) is 57.2 Å². The lowest BCUT2D eigenvalue weighted by molar-refractivity contribution is -0.253. The summed E-state index contributed by atoms with van der Waals surface area (Å²) in [5.41, 5.74) is 3.76. The number of oxime groups is 1. The standard InChI is InChI=1S/C48H62N2O9S/c1-4-26-57-48-44(50(3)47(53)56-28-27-54-34-35-16-8-6-9-17-35)33-42(49-58-5-2)40-31-36(18-12-14-24-51)39(21-13-15-25-52)45(46(40)48)41-32-37(22-23-43(41)59-48)55-29-30-60-38-19-10-7-11-20-38/h4,6-11,16-17,19-20,22-23,31-32,36,39,44-46,51-52H,1,5,12-15,18,21,24-30,33-34H2,2-3H3/t36-,39+,44-,45+,46+,48+/m0/s1. The minimum atomic E-state index is -1.36. The van der Waals surface area contributed by atoms with Gasteiger partial charge >= 0.3 is 6.09 Å². The van der Waals surface area contributed by atoms with E-state index < -0.39 is 23.8 Å². The molecule has 3 aromatic carbocycles. The maximum atomic E-state index is 14.0. The molecule has 0 radical (unpaired) electrons. The molecule has 3 aliphatic rings. The van der Waals surface area contributed by atoms with Crippen LogP contribution in [0.5, 0.6) is 11.5 Å². The number of likely N-dealkylation sites (N-methyl/N-ethyl adjacent to an activating group) is 1. The molecule has 1 saturated carbocycles. The number of allylic oxidation sites excluding steroid dienone is 1. The minimum absolute atomic E-state index is 0.0686. The summed E-state index contributed by atoms with van der Waals surface area (Å²) in [6.45, 7) is 7.93. The van der Waals surface area contributed by atoms with E-state index in [0.29, 0.717) is 38.4 Å². The molecule has 2 N–H and O–H groups in total. The van der Waals surface area contributed by atoms with Gasteiger partial charge in [0.25, 0.3) is 0 Å². The van der Waals surface area contributed by atoms with Crippen molar-refractivity contribution < 1.29 is 43.5 Å². The Morgan fingerprint density at radius 2 is 1.73 bits per heavy atom. The molecular formula is C48H62N2O9S. The summed E-state index contributed by atoms with van der Waals surface area (Å²) < 4.78 is 32.3. The SMILES string of the molecule is C=CCO[C@@]12Oc3ccc(OCCSc4ccccc4)cc3[C@H]3[C@H](CCCCO)[C@@H](CCCCO)C=C(C(=NOCC)C[C@@H]1N(C)C(=O)OCCOCc1ccccc1)[C@H]32. The third-order valence-electron chi connectivity index (χ3n) is 11.6. The molecule has 1 amide bonds. The third kappa shape index (κ3) is 11.1. The lowest BCUT2D eigenvalue weighted by Crippen LogP contribution is -2.69. The monoisotopic (exact) mass is 842 g/mol. The largest absolute Gasteiger partial charge is 0.493 e. The van der Waals surface area contributed by atoms with E-state index in [0.717, 1.165) is 59.6 Å². The van der Waals surface area contributed by atoms with Gasteiger partial charge in [-0.1, -0.05) is 78.7 Å². The lowest BCUT2D eigenvalue weighted by atomic mass is 9.55. The van der Waals surface area contributed by atoms with Crippen LogP contribution in [0.3, 0.4) is 0 Å². The molecule has 0 aromatic heterocycles. The number of aliphatic hydroxyl groups is 2. The van der Waals surface area contributed by atoms with Gasteiger partial charge in [-0.2, -0.15) is 0 Å². The molecular weight excluding hydrogens is 781 g/mol. The number of ether oxygens (including phenoxy) is 5. The zero-order valence-corrected chi connectivity index (χ0v) is 35.9. The number of aliphatic hydroxyl groups excluding tert-OH is 2. The fourth-order valence-electron chi connectivity index (χ4n) is 8.98. The minimum Gasteiger partial charge on any atom is -0.493 e. The normalized spacial score (nSPS) is 23.4. The summed E-state index contributed by atoms with van der Waals surface area (Å²) in [6.07, 6.45) is 8.57. The van der Waals surface area contributed by atoms with E-state index >= 15 is 0 Å². The van der Waals surface area contributed by atoms with Crippen LogP contribution in [0.2, 0.25) is 0 Å². The Hall–Kier alpha value is -4.33. The second-order valence-corrected chi connectivity index (χ2v) is 16.6. The molecule has 0 saturated heterocycles. The summed E-state index contributed by atoms with van der Waals surface area (Å²) in [6, 6.07) is 25.5. The Morgan fingerprint density at radius 1 is 0.983 bits per heavy atom. The molecule has 0 unspecified atom stereocenters. The molecule has 3 aromatic rings. The van der Waals surface area contributed by atoms with Crippen LogP contribution < -0.4 is 9.47 Å². The Kier molecular flexibility index (Phi) is 17.4. The molecule has 12 heteroatoms. The van der Waals surface area contributed by atoms with Crippen molar-refractivity contribution in [2.75, 3.05) is 59.0 Å². The Bertz CT molecular complexity index is 1860. The van der Waals surface area contributed by atoms with Crippen LogP contribution in [-0.2, 0) is 25.7 Å². The van der Waals surface area contributed by atoms with Gasteiger partial charge < -0.3 is 43.6 Å². The molecule has 2 aliphatic carbocycles. The quantitative estimate of drug-likeness (QED) is 0.0391. The summed E-state index contributed by atoms with van der Waals surface area (Å²) in [5, 5.41) is 24.5. The van der Waals surface area contributed by atoms with Crippen molar-refractivity contribution in [3.8, 4) is 11.5 Å². The van der Waals surface area contributed by atoms with Crippen molar-refractivity contribution in [1.82, 2.24) is 4.90 Å². The molecule has 324 valence electrons. The van der Waals surface area contributed by atoms with E-state index in [1.54, 1.807) is 29.8 Å². The molecule has 0 spiro atoms. The Morgan fingerprint density at radius 3 is 2.47 bits per heavy atom. The second-order valence-electron chi connectivity index (χ2n) is 15.5. The number of fused-ring (bicyclic) bond motifs is 2. The number of carbonyl (C=O) groups excluding carboxylic acids is 1. The average molecular weight is 843 g/mol. The van der Waals surface area contributed by atoms with Gasteiger partial charge in [0.15, 0.2) is 0 Å². The van der Waals surface area contributed by atoms with Gasteiger partial charge in [0, 0.05) is 48.8 Å². The Balaban J connectivity index is 1.37. The number of unbranched alkanes of at least 4 members (excludes halogenated alkanes) is 2. The topological polar surface area (TPSA) is 129 Å². The van der Waals surface area contributed by atoms with Crippen LogP contribution in [0, 0.1) is 17.8 Å². The van der Waals surface area contributed by atoms with E-state index in [2.05, 4.69) is 30.9 Å². The maximum absolute atomic E-state index is 14.0.